The van der Waals surface area contributed by atoms with Crippen LogP contribution in [-0.2, 0) is 0 Å². The molecule has 0 spiro atoms. The highest BCUT2D eigenvalue weighted by molar-refractivity contribution is 5.93. The molecule has 32 heavy (non-hydrogen) atoms. The number of hydrogen-bond acceptors (Lipinski definition) is 2. The molecule has 4 heteroatoms. The molecule has 4 nitrogen and oxygen atoms in total. The van der Waals surface area contributed by atoms with E-state index >= 15 is 0 Å². The average molecular weight is 423 g/mol. The molecule has 1 saturated carbocycles. The Kier molecular flexibility index (Phi) is 5.59. The van der Waals surface area contributed by atoms with Gasteiger partial charge in [0.2, 0.25) is 0 Å². The number of carboxylic acid groups (broad SMARTS) is 1. The van der Waals surface area contributed by atoms with Gasteiger partial charge in [0.1, 0.15) is 5.82 Å². The smallest absolute Gasteiger partial charge is 0.335 e. The first-order valence-corrected chi connectivity index (χ1v) is 11.3. The van der Waals surface area contributed by atoms with Crippen LogP contribution in [0, 0.1) is 0 Å². The Labute approximate surface area is 187 Å². The highest BCUT2D eigenvalue weighted by atomic mass is 16.4. The number of carboxylic acids is 1. The number of hydrogen-bond donors (Lipinski definition) is 1. The summed E-state index contributed by atoms with van der Waals surface area (Å²) in [6, 6.07) is 24.4. The highest BCUT2D eigenvalue weighted by Gasteiger charge is 2.22. The predicted molar refractivity (Wildman–Crippen MR) is 130 cm³/mol. The molecular weight excluding hydrogens is 396 g/mol. The molecule has 1 aromatic heterocycles. The quantitative estimate of drug-likeness (QED) is 0.350. The number of nitrogens with zero attached hydrogens (tertiary/aromatic N) is 2. The Morgan fingerprint density at radius 3 is 2.25 bits per heavy atom. The van der Waals surface area contributed by atoms with E-state index in [9.17, 15) is 9.90 Å². The van der Waals surface area contributed by atoms with Crippen LogP contribution in [-0.4, -0.2) is 20.6 Å². The van der Waals surface area contributed by atoms with Gasteiger partial charge in [-0.25, -0.2) is 9.78 Å². The first kappa shape index (κ1) is 20.3. The van der Waals surface area contributed by atoms with Crippen molar-refractivity contribution in [3.8, 4) is 11.4 Å². The molecule has 0 aliphatic heterocycles. The van der Waals surface area contributed by atoms with Gasteiger partial charge in [-0.1, -0.05) is 86.0 Å². The third-order valence-electron chi connectivity index (χ3n) is 6.31. The van der Waals surface area contributed by atoms with Crippen molar-refractivity contribution in [3.63, 3.8) is 0 Å². The molecule has 1 aliphatic carbocycles. The summed E-state index contributed by atoms with van der Waals surface area (Å²) in [5.41, 5.74) is 5.40. The summed E-state index contributed by atoms with van der Waals surface area (Å²) in [6.07, 6.45) is 10.2. The van der Waals surface area contributed by atoms with Gasteiger partial charge in [0.05, 0.1) is 16.6 Å². The fourth-order valence-corrected chi connectivity index (χ4v) is 4.64. The lowest BCUT2D eigenvalue weighted by atomic mass is 9.94. The fourth-order valence-electron chi connectivity index (χ4n) is 4.64. The van der Waals surface area contributed by atoms with Crippen molar-refractivity contribution in [3.05, 3.63) is 89.5 Å². The molecule has 0 saturated heterocycles. The van der Waals surface area contributed by atoms with E-state index in [1.807, 2.05) is 24.3 Å². The van der Waals surface area contributed by atoms with Gasteiger partial charge in [-0.3, -0.25) is 0 Å². The van der Waals surface area contributed by atoms with Crippen LogP contribution >= 0.6 is 0 Å². The third-order valence-corrected chi connectivity index (χ3v) is 6.31. The van der Waals surface area contributed by atoms with Crippen molar-refractivity contribution in [1.29, 1.82) is 0 Å². The van der Waals surface area contributed by atoms with Gasteiger partial charge in [-0.05, 0) is 42.2 Å². The SMILES string of the molecule is O=C(O)c1ccc2c(c1)nc(-c1ccc(/C=C/c3ccccc3)cc1)n2C1CCCCC1. The van der Waals surface area contributed by atoms with Gasteiger partial charge in [-0.15, -0.1) is 0 Å². The Morgan fingerprint density at radius 1 is 0.875 bits per heavy atom. The Bertz CT molecular complexity index is 1260. The minimum absolute atomic E-state index is 0.277. The van der Waals surface area contributed by atoms with E-state index in [-0.39, 0.29) is 5.56 Å². The van der Waals surface area contributed by atoms with Gasteiger partial charge in [0.15, 0.2) is 0 Å². The second-order valence-electron chi connectivity index (χ2n) is 8.47. The minimum Gasteiger partial charge on any atom is -0.478 e. The molecule has 0 bridgehead atoms. The fraction of sp³-hybridized carbons (Fsp3) is 0.214. The highest BCUT2D eigenvalue weighted by Crippen LogP contribution is 2.36. The second kappa shape index (κ2) is 8.83. The number of rotatable bonds is 5. The number of aromatic carboxylic acids is 1. The maximum atomic E-state index is 11.5. The van der Waals surface area contributed by atoms with Gasteiger partial charge in [0, 0.05) is 11.6 Å². The number of benzene rings is 3. The van der Waals surface area contributed by atoms with E-state index < -0.39 is 5.97 Å². The number of fused-ring (bicyclic) bond motifs is 1. The molecule has 0 amide bonds. The molecule has 1 N–H and O–H groups in total. The van der Waals surface area contributed by atoms with E-state index in [1.165, 1.54) is 24.8 Å². The first-order valence-electron chi connectivity index (χ1n) is 11.3. The first-order chi connectivity index (χ1) is 15.7. The van der Waals surface area contributed by atoms with Gasteiger partial charge < -0.3 is 9.67 Å². The number of aromatic nitrogens is 2. The number of imidazole rings is 1. The van der Waals surface area contributed by atoms with Gasteiger partial charge in [0.25, 0.3) is 0 Å². The Hall–Kier alpha value is -3.66. The van der Waals surface area contributed by atoms with Crippen molar-refractivity contribution >= 4 is 29.2 Å². The van der Waals surface area contributed by atoms with Crippen molar-refractivity contribution < 1.29 is 9.90 Å². The summed E-state index contributed by atoms with van der Waals surface area (Å²) < 4.78 is 2.34. The van der Waals surface area contributed by atoms with Crippen molar-refractivity contribution in [1.82, 2.24) is 9.55 Å². The zero-order chi connectivity index (χ0) is 21.9. The third kappa shape index (κ3) is 4.09. The maximum absolute atomic E-state index is 11.5. The van der Waals surface area contributed by atoms with E-state index in [1.54, 1.807) is 12.1 Å². The largest absolute Gasteiger partial charge is 0.478 e. The number of carbonyl (C=O) groups is 1. The molecule has 160 valence electrons. The van der Waals surface area contributed by atoms with Crippen molar-refractivity contribution in [2.45, 2.75) is 38.1 Å². The zero-order valence-corrected chi connectivity index (χ0v) is 17.9. The zero-order valence-electron chi connectivity index (χ0n) is 17.9. The van der Waals surface area contributed by atoms with Crippen LogP contribution in [0.15, 0.2) is 72.8 Å². The predicted octanol–water partition coefficient (Wildman–Crippen LogP) is 7.08. The molecule has 4 aromatic rings. The van der Waals surface area contributed by atoms with Crippen LogP contribution in [0.1, 0.15) is 59.6 Å². The average Bonchev–Trinajstić information content (AvgIpc) is 3.23. The summed E-state index contributed by atoms with van der Waals surface area (Å²) in [5.74, 6) is 0.00301. The van der Waals surface area contributed by atoms with Crippen molar-refractivity contribution in [2.75, 3.05) is 0 Å². The molecule has 3 aromatic carbocycles. The molecule has 1 aliphatic rings. The van der Waals surface area contributed by atoms with E-state index in [0.29, 0.717) is 6.04 Å². The van der Waals surface area contributed by atoms with Crippen molar-refractivity contribution in [2.24, 2.45) is 0 Å². The summed E-state index contributed by atoms with van der Waals surface area (Å²) >= 11 is 0. The molecular formula is C28H26N2O2. The molecule has 0 unspecified atom stereocenters. The Morgan fingerprint density at radius 2 is 1.56 bits per heavy atom. The summed E-state index contributed by atoms with van der Waals surface area (Å²) in [7, 11) is 0. The lowest BCUT2D eigenvalue weighted by molar-refractivity contribution is 0.0697. The summed E-state index contributed by atoms with van der Waals surface area (Å²) in [4.78, 5) is 16.4. The van der Waals surface area contributed by atoms with Crippen LogP contribution in [0.3, 0.4) is 0 Å². The summed E-state index contributed by atoms with van der Waals surface area (Å²) in [5, 5.41) is 9.41. The Balaban J connectivity index is 1.53. The molecule has 1 fully saturated rings. The monoisotopic (exact) mass is 422 g/mol. The lowest BCUT2D eigenvalue weighted by Crippen LogP contribution is -2.14. The molecule has 5 rings (SSSR count). The van der Waals surface area contributed by atoms with Crippen LogP contribution in [0.25, 0.3) is 34.6 Å². The molecule has 0 atom stereocenters. The lowest BCUT2D eigenvalue weighted by Gasteiger charge is -2.25. The van der Waals surface area contributed by atoms with E-state index in [0.717, 1.165) is 40.8 Å². The summed E-state index contributed by atoms with van der Waals surface area (Å²) in [6.45, 7) is 0. The standard InChI is InChI=1S/C28H26N2O2/c31-28(32)23-17-18-26-25(19-23)29-27(30(26)24-9-5-2-6-10-24)22-15-13-21(14-16-22)12-11-20-7-3-1-4-8-20/h1,3-4,7-8,11-19,24H,2,5-6,9-10H2,(H,31,32)/b12-11+. The normalized spacial score (nSPS) is 14.9. The van der Waals surface area contributed by atoms with Crippen LogP contribution in [0.4, 0.5) is 0 Å². The molecule has 1 heterocycles. The topological polar surface area (TPSA) is 55.1 Å². The van der Waals surface area contributed by atoms with Gasteiger partial charge >= 0.3 is 5.97 Å². The van der Waals surface area contributed by atoms with E-state index in [2.05, 4.69) is 53.1 Å². The van der Waals surface area contributed by atoms with Crippen LogP contribution in [0.5, 0.6) is 0 Å². The van der Waals surface area contributed by atoms with E-state index in [4.69, 9.17) is 4.98 Å². The van der Waals surface area contributed by atoms with Crippen LogP contribution in [0.2, 0.25) is 0 Å². The van der Waals surface area contributed by atoms with Gasteiger partial charge in [-0.2, -0.15) is 0 Å². The minimum atomic E-state index is -0.921. The second-order valence-corrected chi connectivity index (χ2v) is 8.47. The molecule has 0 radical (unpaired) electrons. The van der Waals surface area contributed by atoms with Crippen LogP contribution < -0.4 is 0 Å². The maximum Gasteiger partial charge on any atom is 0.335 e.